The molecule has 25 heavy (non-hydrogen) atoms. The van der Waals surface area contributed by atoms with Gasteiger partial charge in [0.15, 0.2) is 0 Å². The minimum Gasteiger partial charge on any atom is -0.450 e. The lowest BCUT2D eigenvalue weighted by Crippen LogP contribution is -2.42. The van der Waals surface area contributed by atoms with Crippen LogP contribution in [0.25, 0.3) is 0 Å². The second-order valence-corrected chi connectivity index (χ2v) is 7.04. The number of carbonyl (C=O) groups is 1. The molecule has 1 atom stereocenters. The predicted octanol–water partition coefficient (Wildman–Crippen LogP) is 2.75. The van der Waals surface area contributed by atoms with E-state index in [-0.39, 0.29) is 6.09 Å². The molecule has 7 nitrogen and oxygen atoms in total. The number of likely N-dealkylation sites (tertiary alicyclic amines) is 1. The fourth-order valence-electron chi connectivity index (χ4n) is 3.58. The number of rotatable bonds is 4. The molecule has 0 radical (unpaired) electrons. The van der Waals surface area contributed by atoms with E-state index in [9.17, 15) is 4.79 Å². The van der Waals surface area contributed by atoms with Gasteiger partial charge in [0, 0.05) is 38.4 Å². The van der Waals surface area contributed by atoms with Crippen molar-refractivity contribution in [1.29, 1.82) is 0 Å². The predicted molar refractivity (Wildman–Crippen MR) is 97.9 cm³/mol. The Balaban J connectivity index is 1.54. The molecule has 1 aromatic rings. The van der Waals surface area contributed by atoms with Crippen LogP contribution in [0.1, 0.15) is 39.5 Å². The Kier molecular flexibility index (Phi) is 5.94. The Bertz CT molecular complexity index is 574. The molecule has 2 fully saturated rings. The number of aromatic nitrogens is 2. The van der Waals surface area contributed by atoms with E-state index in [2.05, 4.69) is 22.1 Å². The molecule has 1 unspecified atom stereocenters. The van der Waals surface area contributed by atoms with E-state index < -0.39 is 0 Å². The van der Waals surface area contributed by atoms with E-state index in [4.69, 9.17) is 9.72 Å². The standard InChI is InChI=1S/C18H29N5O2/c1-3-25-18(24)22-11-7-15(8-12-22)20-16-6-9-19-17(21-16)23-10-4-5-14(2)13-23/h6,9,14-15H,3-5,7-8,10-13H2,1-2H3,(H,19,20,21). The summed E-state index contributed by atoms with van der Waals surface area (Å²) >= 11 is 0. The van der Waals surface area contributed by atoms with Gasteiger partial charge in [-0.15, -0.1) is 0 Å². The molecule has 0 aromatic carbocycles. The maximum atomic E-state index is 11.8. The first-order valence-electron chi connectivity index (χ1n) is 9.42. The fraction of sp³-hybridized carbons (Fsp3) is 0.722. The van der Waals surface area contributed by atoms with Crippen LogP contribution in [0.4, 0.5) is 16.6 Å². The summed E-state index contributed by atoms with van der Waals surface area (Å²) in [5.74, 6) is 2.39. The maximum absolute atomic E-state index is 11.8. The molecule has 0 saturated carbocycles. The Morgan fingerprint density at radius 3 is 2.84 bits per heavy atom. The molecule has 2 aliphatic rings. The molecule has 138 valence electrons. The Morgan fingerprint density at radius 2 is 2.12 bits per heavy atom. The van der Waals surface area contributed by atoms with Gasteiger partial charge in [0.1, 0.15) is 5.82 Å². The van der Waals surface area contributed by atoms with Gasteiger partial charge in [-0.3, -0.25) is 0 Å². The van der Waals surface area contributed by atoms with Crippen molar-refractivity contribution in [3.63, 3.8) is 0 Å². The highest BCUT2D eigenvalue weighted by atomic mass is 16.6. The van der Waals surface area contributed by atoms with Crippen molar-refractivity contribution in [3.05, 3.63) is 12.3 Å². The smallest absolute Gasteiger partial charge is 0.409 e. The highest BCUT2D eigenvalue weighted by Crippen LogP contribution is 2.22. The number of nitrogens with zero attached hydrogens (tertiary/aromatic N) is 4. The van der Waals surface area contributed by atoms with Crippen molar-refractivity contribution in [2.45, 2.75) is 45.6 Å². The van der Waals surface area contributed by atoms with Crippen molar-refractivity contribution in [3.8, 4) is 0 Å². The van der Waals surface area contributed by atoms with Gasteiger partial charge in [-0.25, -0.2) is 9.78 Å². The number of carbonyl (C=O) groups excluding carboxylic acids is 1. The Labute approximate surface area is 149 Å². The molecule has 1 aromatic heterocycles. The lowest BCUT2D eigenvalue weighted by molar-refractivity contribution is 0.0983. The van der Waals surface area contributed by atoms with Gasteiger partial charge >= 0.3 is 6.09 Å². The third kappa shape index (κ3) is 4.74. The van der Waals surface area contributed by atoms with Crippen LogP contribution in [0.15, 0.2) is 12.3 Å². The zero-order valence-corrected chi connectivity index (χ0v) is 15.3. The van der Waals surface area contributed by atoms with Crippen molar-refractivity contribution in [2.75, 3.05) is 43.0 Å². The minimum atomic E-state index is -0.204. The molecule has 0 aliphatic carbocycles. The largest absolute Gasteiger partial charge is 0.450 e. The summed E-state index contributed by atoms with van der Waals surface area (Å²) in [4.78, 5) is 25.0. The molecule has 3 rings (SSSR count). The number of piperidine rings is 2. The molecular weight excluding hydrogens is 318 g/mol. The van der Waals surface area contributed by atoms with Gasteiger partial charge < -0.3 is 19.9 Å². The van der Waals surface area contributed by atoms with Crippen LogP contribution < -0.4 is 10.2 Å². The third-order valence-electron chi connectivity index (χ3n) is 4.96. The van der Waals surface area contributed by atoms with Crippen LogP contribution in [0.2, 0.25) is 0 Å². The van der Waals surface area contributed by atoms with Gasteiger partial charge in [-0.1, -0.05) is 6.92 Å². The van der Waals surface area contributed by atoms with Crippen LogP contribution in [0.5, 0.6) is 0 Å². The summed E-state index contributed by atoms with van der Waals surface area (Å²) in [6.07, 6.45) is 5.92. The number of nitrogens with one attached hydrogen (secondary N) is 1. The zero-order valence-electron chi connectivity index (χ0n) is 15.3. The topological polar surface area (TPSA) is 70.6 Å². The second-order valence-electron chi connectivity index (χ2n) is 7.04. The van der Waals surface area contributed by atoms with Gasteiger partial charge in [0.25, 0.3) is 0 Å². The number of ether oxygens (including phenoxy) is 1. The van der Waals surface area contributed by atoms with Gasteiger partial charge in [0.2, 0.25) is 5.95 Å². The van der Waals surface area contributed by atoms with Crippen molar-refractivity contribution in [2.24, 2.45) is 5.92 Å². The van der Waals surface area contributed by atoms with E-state index in [1.54, 1.807) is 4.90 Å². The van der Waals surface area contributed by atoms with E-state index in [0.29, 0.717) is 18.6 Å². The van der Waals surface area contributed by atoms with Crippen molar-refractivity contribution < 1.29 is 9.53 Å². The maximum Gasteiger partial charge on any atom is 0.409 e. The summed E-state index contributed by atoms with van der Waals surface area (Å²) < 4.78 is 5.07. The first kappa shape index (κ1) is 17.8. The van der Waals surface area contributed by atoms with Crippen LogP contribution in [0.3, 0.4) is 0 Å². The Morgan fingerprint density at radius 1 is 1.32 bits per heavy atom. The quantitative estimate of drug-likeness (QED) is 0.903. The molecule has 1 N–H and O–H groups in total. The first-order chi connectivity index (χ1) is 12.2. The van der Waals surface area contributed by atoms with Gasteiger partial charge in [-0.2, -0.15) is 4.98 Å². The number of hydrogen-bond donors (Lipinski definition) is 1. The van der Waals surface area contributed by atoms with E-state index >= 15 is 0 Å². The van der Waals surface area contributed by atoms with Gasteiger partial charge in [0.05, 0.1) is 6.61 Å². The zero-order chi connectivity index (χ0) is 17.6. The highest BCUT2D eigenvalue weighted by Gasteiger charge is 2.24. The van der Waals surface area contributed by atoms with Crippen molar-refractivity contribution in [1.82, 2.24) is 14.9 Å². The summed E-state index contributed by atoms with van der Waals surface area (Å²) in [5, 5.41) is 3.51. The molecular formula is C18H29N5O2. The molecule has 2 aliphatic heterocycles. The lowest BCUT2D eigenvalue weighted by atomic mass is 10.0. The molecule has 1 amide bonds. The average molecular weight is 347 g/mol. The summed E-state index contributed by atoms with van der Waals surface area (Å²) in [6, 6.07) is 2.25. The third-order valence-corrected chi connectivity index (χ3v) is 4.96. The summed E-state index contributed by atoms with van der Waals surface area (Å²) in [6.45, 7) is 8.05. The van der Waals surface area contributed by atoms with Crippen LogP contribution in [-0.2, 0) is 4.74 Å². The molecule has 0 spiro atoms. The van der Waals surface area contributed by atoms with E-state index in [0.717, 1.165) is 50.8 Å². The average Bonchev–Trinajstić information content (AvgIpc) is 2.63. The molecule has 7 heteroatoms. The number of anilines is 2. The summed E-state index contributed by atoms with van der Waals surface area (Å²) in [5.41, 5.74) is 0. The van der Waals surface area contributed by atoms with Crippen LogP contribution >= 0.6 is 0 Å². The normalized spacial score (nSPS) is 21.9. The monoisotopic (exact) mass is 347 g/mol. The highest BCUT2D eigenvalue weighted by molar-refractivity contribution is 5.67. The molecule has 0 bridgehead atoms. The van der Waals surface area contributed by atoms with Crippen LogP contribution in [0, 0.1) is 5.92 Å². The summed E-state index contributed by atoms with van der Waals surface area (Å²) in [7, 11) is 0. The number of amides is 1. The number of hydrogen-bond acceptors (Lipinski definition) is 6. The Hall–Kier alpha value is -2.05. The van der Waals surface area contributed by atoms with Crippen LogP contribution in [-0.4, -0.2) is 59.8 Å². The fourth-order valence-corrected chi connectivity index (χ4v) is 3.58. The van der Waals surface area contributed by atoms with Crippen molar-refractivity contribution >= 4 is 17.9 Å². The minimum absolute atomic E-state index is 0.204. The molecule has 2 saturated heterocycles. The second kappa shape index (κ2) is 8.36. The first-order valence-corrected chi connectivity index (χ1v) is 9.42. The van der Waals surface area contributed by atoms with E-state index in [1.807, 2.05) is 19.2 Å². The lowest BCUT2D eigenvalue weighted by Gasteiger charge is -2.33. The van der Waals surface area contributed by atoms with Gasteiger partial charge in [-0.05, 0) is 44.6 Å². The van der Waals surface area contributed by atoms with E-state index in [1.165, 1.54) is 12.8 Å². The molecule has 3 heterocycles. The SMILES string of the molecule is CCOC(=O)N1CCC(Nc2ccnc(N3CCCC(C)C3)n2)CC1.